The number of hydrogen-bond donors (Lipinski definition) is 2. The molecule has 0 bridgehead atoms. The summed E-state index contributed by atoms with van der Waals surface area (Å²) in [5.74, 6) is -1.44. The van der Waals surface area contributed by atoms with Crippen LogP contribution in [0.3, 0.4) is 0 Å². The van der Waals surface area contributed by atoms with Gasteiger partial charge in [0.1, 0.15) is 0 Å². The third-order valence-electron chi connectivity index (χ3n) is 2.57. The second-order valence-corrected chi connectivity index (χ2v) is 5.66. The minimum atomic E-state index is -4.65. The highest BCUT2D eigenvalue weighted by Gasteiger charge is 2.35. The summed E-state index contributed by atoms with van der Waals surface area (Å²) in [4.78, 5) is 15.4. The number of aromatic carboxylic acids is 1. The number of alkyl halides is 3. The number of carboxylic acids is 1. The molecule has 9 heteroatoms. The lowest BCUT2D eigenvalue weighted by molar-refractivity contribution is -0.137. The quantitative estimate of drug-likeness (QED) is 0.881. The lowest BCUT2D eigenvalue weighted by Gasteiger charge is -2.16. The Labute approximate surface area is 126 Å². The van der Waals surface area contributed by atoms with Gasteiger partial charge in [-0.05, 0) is 12.1 Å². The number of rotatable bonds is 4. The average molecular weight is 337 g/mol. The van der Waals surface area contributed by atoms with Crippen molar-refractivity contribution in [1.82, 2.24) is 4.98 Å². The van der Waals surface area contributed by atoms with Crippen LogP contribution in [0, 0.1) is 0 Å². The third kappa shape index (κ3) is 3.64. The minimum absolute atomic E-state index is 0.00222. The number of benzene rings is 1. The van der Waals surface area contributed by atoms with Crippen molar-refractivity contribution in [1.29, 1.82) is 0 Å². The van der Waals surface area contributed by atoms with Gasteiger partial charge in [0, 0.05) is 11.1 Å². The van der Waals surface area contributed by atoms with E-state index < -0.39 is 29.0 Å². The van der Waals surface area contributed by atoms with Gasteiger partial charge in [0.25, 0.3) is 0 Å². The topological polar surface area (TPSA) is 62.2 Å². The number of nitrogens with one attached hydrogen (secondary N) is 1. The van der Waals surface area contributed by atoms with E-state index in [1.807, 2.05) is 0 Å². The maximum absolute atomic E-state index is 13.0. The van der Waals surface area contributed by atoms with Crippen LogP contribution in [0.5, 0.6) is 0 Å². The van der Waals surface area contributed by atoms with E-state index in [0.717, 1.165) is 29.5 Å². The Hall–Kier alpha value is -1.80. The summed E-state index contributed by atoms with van der Waals surface area (Å²) < 4.78 is 39.1. The maximum Gasteiger partial charge on any atom is 0.418 e. The Kier molecular flexibility index (Phi) is 4.38. The summed E-state index contributed by atoms with van der Waals surface area (Å²) in [6.45, 7) is -0.00222. The highest BCUT2D eigenvalue weighted by atomic mass is 35.5. The first-order chi connectivity index (χ1) is 9.79. The van der Waals surface area contributed by atoms with E-state index in [4.69, 9.17) is 16.7 Å². The summed E-state index contributed by atoms with van der Waals surface area (Å²) in [5.41, 5.74) is -1.94. The van der Waals surface area contributed by atoms with Gasteiger partial charge in [-0.3, -0.25) is 0 Å². The third-order valence-corrected chi connectivity index (χ3v) is 3.68. The molecule has 0 saturated heterocycles. The van der Waals surface area contributed by atoms with Crippen LogP contribution in [0.15, 0.2) is 24.4 Å². The van der Waals surface area contributed by atoms with E-state index in [1.165, 1.54) is 6.20 Å². The lowest BCUT2D eigenvalue weighted by Crippen LogP contribution is -2.14. The molecule has 0 unspecified atom stereocenters. The predicted octanol–water partition coefficient (Wildman–Crippen LogP) is 4.13. The molecular formula is C12H8ClF3N2O2S. The molecule has 0 aliphatic heterocycles. The predicted molar refractivity (Wildman–Crippen MR) is 72.9 cm³/mol. The minimum Gasteiger partial charge on any atom is -0.478 e. The first-order valence-corrected chi connectivity index (χ1v) is 6.76. The summed E-state index contributed by atoms with van der Waals surface area (Å²) in [6.07, 6.45) is -3.24. The fourth-order valence-electron chi connectivity index (χ4n) is 1.70. The number of anilines is 1. The molecule has 2 rings (SSSR count). The molecular weight excluding hydrogens is 329 g/mol. The molecule has 1 aromatic carbocycles. The van der Waals surface area contributed by atoms with Crippen molar-refractivity contribution < 1.29 is 23.1 Å². The molecule has 0 saturated carbocycles. The van der Waals surface area contributed by atoms with Crippen LogP contribution in [0.2, 0.25) is 4.47 Å². The molecule has 21 heavy (non-hydrogen) atoms. The fourth-order valence-corrected chi connectivity index (χ4v) is 2.62. The Bertz CT molecular complexity index is 673. The molecule has 2 aromatic rings. The van der Waals surface area contributed by atoms with E-state index in [9.17, 15) is 18.0 Å². The molecule has 112 valence electrons. The van der Waals surface area contributed by atoms with Crippen LogP contribution in [0.25, 0.3) is 0 Å². The Morgan fingerprint density at radius 1 is 1.43 bits per heavy atom. The van der Waals surface area contributed by atoms with Crippen molar-refractivity contribution in [2.75, 3.05) is 5.32 Å². The van der Waals surface area contributed by atoms with Crippen LogP contribution < -0.4 is 5.32 Å². The zero-order valence-corrected chi connectivity index (χ0v) is 11.8. The van der Waals surface area contributed by atoms with Crippen LogP contribution in [-0.2, 0) is 12.7 Å². The molecule has 0 aliphatic rings. The monoisotopic (exact) mass is 336 g/mol. The van der Waals surface area contributed by atoms with E-state index in [0.29, 0.717) is 4.88 Å². The van der Waals surface area contributed by atoms with Crippen LogP contribution in [0.4, 0.5) is 18.9 Å². The summed E-state index contributed by atoms with van der Waals surface area (Å²) in [5, 5.41) is 11.5. The number of para-hydroxylation sites is 1. The Morgan fingerprint density at radius 2 is 2.14 bits per heavy atom. The number of carbonyl (C=O) groups is 1. The van der Waals surface area contributed by atoms with E-state index in [-0.39, 0.29) is 11.0 Å². The van der Waals surface area contributed by atoms with Crippen molar-refractivity contribution in [3.05, 3.63) is 44.9 Å². The van der Waals surface area contributed by atoms with Crippen LogP contribution in [-0.4, -0.2) is 16.1 Å². The number of carboxylic acid groups (broad SMARTS) is 1. The highest BCUT2D eigenvalue weighted by molar-refractivity contribution is 7.15. The zero-order valence-electron chi connectivity index (χ0n) is 10.2. The molecule has 4 nitrogen and oxygen atoms in total. The summed E-state index contributed by atoms with van der Waals surface area (Å²) >= 11 is 6.73. The Balaban J connectivity index is 2.37. The fraction of sp³-hybridized carbons (Fsp3) is 0.167. The SMILES string of the molecule is O=C(O)c1cccc(C(F)(F)F)c1NCc1cnc(Cl)s1. The number of halogens is 4. The normalized spacial score (nSPS) is 11.4. The van der Waals surface area contributed by atoms with Gasteiger partial charge < -0.3 is 10.4 Å². The van der Waals surface area contributed by atoms with Gasteiger partial charge in [0.15, 0.2) is 4.47 Å². The number of aromatic nitrogens is 1. The summed E-state index contributed by atoms with van der Waals surface area (Å²) in [7, 11) is 0. The second kappa shape index (κ2) is 5.90. The molecule has 1 heterocycles. The van der Waals surface area contributed by atoms with Gasteiger partial charge in [-0.1, -0.05) is 17.7 Å². The lowest BCUT2D eigenvalue weighted by atomic mass is 10.1. The van der Waals surface area contributed by atoms with Gasteiger partial charge >= 0.3 is 12.1 Å². The highest BCUT2D eigenvalue weighted by Crippen LogP contribution is 2.37. The van der Waals surface area contributed by atoms with Crippen LogP contribution in [0.1, 0.15) is 20.8 Å². The first kappa shape index (κ1) is 15.6. The van der Waals surface area contributed by atoms with E-state index in [2.05, 4.69) is 10.3 Å². The van der Waals surface area contributed by atoms with Crippen LogP contribution >= 0.6 is 22.9 Å². The molecule has 0 amide bonds. The van der Waals surface area contributed by atoms with E-state index in [1.54, 1.807) is 0 Å². The van der Waals surface area contributed by atoms with Gasteiger partial charge in [0.2, 0.25) is 0 Å². The zero-order chi connectivity index (χ0) is 15.6. The molecule has 0 spiro atoms. The van der Waals surface area contributed by atoms with Crippen molar-refractivity contribution in [3.63, 3.8) is 0 Å². The second-order valence-electron chi connectivity index (χ2n) is 3.96. The van der Waals surface area contributed by atoms with Crippen molar-refractivity contribution >= 4 is 34.6 Å². The average Bonchev–Trinajstić information content (AvgIpc) is 2.80. The molecule has 0 fully saturated rings. The molecule has 2 N–H and O–H groups in total. The largest absolute Gasteiger partial charge is 0.478 e. The standard InChI is InChI=1S/C12H8ClF3N2O2S/c13-11-18-5-6(21-11)4-17-9-7(10(19)20)2-1-3-8(9)12(14,15)16/h1-3,5,17H,4H2,(H,19,20). The molecule has 0 aliphatic carbocycles. The Morgan fingerprint density at radius 3 is 2.67 bits per heavy atom. The number of thiazole rings is 1. The molecule has 0 radical (unpaired) electrons. The number of hydrogen-bond acceptors (Lipinski definition) is 4. The summed E-state index contributed by atoms with van der Waals surface area (Å²) in [6, 6.07) is 3.00. The first-order valence-electron chi connectivity index (χ1n) is 5.56. The smallest absolute Gasteiger partial charge is 0.418 e. The molecule has 1 aromatic heterocycles. The van der Waals surface area contributed by atoms with Gasteiger partial charge in [0.05, 0.1) is 23.4 Å². The van der Waals surface area contributed by atoms with Gasteiger partial charge in [-0.25, -0.2) is 9.78 Å². The van der Waals surface area contributed by atoms with Crippen molar-refractivity contribution in [3.8, 4) is 0 Å². The van der Waals surface area contributed by atoms with Gasteiger partial charge in [-0.2, -0.15) is 13.2 Å². The molecule has 0 atom stereocenters. The van der Waals surface area contributed by atoms with Gasteiger partial charge in [-0.15, -0.1) is 11.3 Å². The number of nitrogens with zero attached hydrogens (tertiary/aromatic N) is 1. The van der Waals surface area contributed by atoms with E-state index >= 15 is 0 Å². The maximum atomic E-state index is 13.0. The van der Waals surface area contributed by atoms with Crippen molar-refractivity contribution in [2.24, 2.45) is 0 Å². The van der Waals surface area contributed by atoms with Crippen molar-refractivity contribution in [2.45, 2.75) is 12.7 Å².